The highest BCUT2D eigenvalue weighted by atomic mass is 16.5. The zero-order valence-corrected chi connectivity index (χ0v) is 10.6. The number of rotatable bonds is 5. The van der Waals surface area contributed by atoms with Crippen molar-refractivity contribution in [3.05, 3.63) is 23.8 Å². The summed E-state index contributed by atoms with van der Waals surface area (Å²) in [7, 11) is 1.64. The van der Waals surface area contributed by atoms with Crippen molar-refractivity contribution in [2.45, 2.75) is 38.2 Å². The minimum absolute atomic E-state index is 0.306. The van der Waals surface area contributed by atoms with Crippen LogP contribution >= 0.6 is 0 Å². The van der Waals surface area contributed by atoms with E-state index in [0.29, 0.717) is 12.5 Å². The van der Waals surface area contributed by atoms with Crippen molar-refractivity contribution in [1.29, 1.82) is 0 Å². The molecule has 0 saturated heterocycles. The zero-order chi connectivity index (χ0) is 12.8. The molecular weight excluding hydrogens is 230 g/mol. The van der Waals surface area contributed by atoms with E-state index in [2.05, 4.69) is 5.16 Å². The van der Waals surface area contributed by atoms with Crippen LogP contribution in [-0.2, 0) is 6.42 Å². The number of nitrogens with zero attached hydrogens (tertiary/aromatic N) is 1. The van der Waals surface area contributed by atoms with Crippen LogP contribution in [0, 0.1) is 0 Å². The van der Waals surface area contributed by atoms with Gasteiger partial charge in [-0.1, -0.05) is 6.07 Å². The van der Waals surface area contributed by atoms with E-state index in [0.717, 1.165) is 29.9 Å². The Labute approximate surface area is 107 Å². The third kappa shape index (κ3) is 3.15. The summed E-state index contributed by atoms with van der Waals surface area (Å²) in [5.74, 6) is 1.54. The topological polar surface area (TPSA) is 51.0 Å². The Bertz CT molecular complexity index is 412. The Kier molecular flexibility index (Phi) is 4.45. The van der Waals surface area contributed by atoms with E-state index in [-0.39, 0.29) is 0 Å². The van der Waals surface area contributed by atoms with Gasteiger partial charge in [-0.15, -0.1) is 5.16 Å². The van der Waals surface area contributed by atoms with Gasteiger partial charge in [0.25, 0.3) is 0 Å². The van der Waals surface area contributed by atoms with Crippen molar-refractivity contribution in [3.8, 4) is 11.5 Å². The average Bonchev–Trinajstić information content (AvgIpc) is 2.89. The van der Waals surface area contributed by atoms with Crippen LogP contribution in [0.1, 0.15) is 31.2 Å². The lowest BCUT2D eigenvalue weighted by atomic mass is 10.1. The first-order valence-corrected chi connectivity index (χ1v) is 6.33. The second-order valence-corrected chi connectivity index (χ2v) is 4.51. The van der Waals surface area contributed by atoms with Crippen LogP contribution in [0.3, 0.4) is 0 Å². The maximum atomic E-state index is 8.44. The Morgan fingerprint density at radius 1 is 1.33 bits per heavy atom. The predicted octanol–water partition coefficient (Wildman–Crippen LogP) is 3.02. The smallest absolute Gasteiger partial charge is 0.161 e. The molecule has 0 bridgehead atoms. The molecule has 1 aliphatic carbocycles. The summed E-state index contributed by atoms with van der Waals surface area (Å²) in [4.78, 5) is 0. The fourth-order valence-electron chi connectivity index (χ4n) is 2.27. The molecule has 0 unspecified atom stereocenters. The summed E-state index contributed by atoms with van der Waals surface area (Å²) in [6.07, 6.45) is 7.06. The van der Waals surface area contributed by atoms with Gasteiger partial charge in [0.15, 0.2) is 11.5 Å². The zero-order valence-electron chi connectivity index (χ0n) is 10.6. The summed E-state index contributed by atoms with van der Waals surface area (Å²) >= 11 is 0. The maximum absolute atomic E-state index is 8.44. The summed E-state index contributed by atoms with van der Waals surface area (Å²) in [6, 6.07) is 5.80. The van der Waals surface area contributed by atoms with Gasteiger partial charge < -0.3 is 14.7 Å². The standard InChI is InChI=1S/C14H19NO3/c1-17-13-7-6-11(8-9-15-16)10-14(13)18-12-4-2-3-5-12/h6-7,9-10,12,16H,2-5,8H2,1H3. The van der Waals surface area contributed by atoms with Crippen molar-refractivity contribution in [2.24, 2.45) is 5.16 Å². The van der Waals surface area contributed by atoms with E-state index in [1.165, 1.54) is 19.1 Å². The molecule has 0 spiro atoms. The summed E-state index contributed by atoms with van der Waals surface area (Å²) in [5, 5.41) is 11.5. The third-order valence-corrected chi connectivity index (χ3v) is 3.23. The fourth-order valence-corrected chi connectivity index (χ4v) is 2.27. The molecule has 18 heavy (non-hydrogen) atoms. The molecule has 1 saturated carbocycles. The third-order valence-electron chi connectivity index (χ3n) is 3.23. The number of methoxy groups -OCH3 is 1. The Morgan fingerprint density at radius 3 is 2.78 bits per heavy atom. The van der Waals surface area contributed by atoms with Gasteiger partial charge in [0.2, 0.25) is 0 Å². The van der Waals surface area contributed by atoms with Gasteiger partial charge >= 0.3 is 0 Å². The monoisotopic (exact) mass is 249 g/mol. The number of benzene rings is 1. The molecule has 1 aromatic carbocycles. The molecule has 98 valence electrons. The highest BCUT2D eigenvalue weighted by Gasteiger charge is 2.18. The largest absolute Gasteiger partial charge is 0.493 e. The average molecular weight is 249 g/mol. The minimum atomic E-state index is 0.306. The van der Waals surface area contributed by atoms with Gasteiger partial charge in [-0.25, -0.2) is 0 Å². The van der Waals surface area contributed by atoms with Crippen LogP contribution in [0.5, 0.6) is 11.5 Å². The first-order chi connectivity index (χ1) is 8.83. The second-order valence-electron chi connectivity index (χ2n) is 4.51. The lowest BCUT2D eigenvalue weighted by Gasteiger charge is -2.16. The number of hydrogen-bond acceptors (Lipinski definition) is 4. The fraction of sp³-hybridized carbons (Fsp3) is 0.500. The molecule has 1 aliphatic rings. The minimum Gasteiger partial charge on any atom is -0.493 e. The lowest BCUT2D eigenvalue weighted by Crippen LogP contribution is -2.11. The molecule has 2 rings (SSSR count). The SMILES string of the molecule is COc1ccc(CC=NO)cc1OC1CCCC1. The molecule has 4 heteroatoms. The van der Waals surface area contributed by atoms with Crippen LogP contribution in [0.25, 0.3) is 0 Å². The molecule has 1 N–H and O–H groups in total. The molecule has 1 aromatic rings. The van der Waals surface area contributed by atoms with Gasteiger partial charge in [-0.2, -0.15) is 0 Å². The summed E-state index contributed by atoms with van der Waals surface area (Å²) < 4.78 is 11.3. The van der Waals surface area contributed by atoms with Crippen LogP contribution < -0.4 is 9.47 Å². The Balaban J connectivity index is 2.13. The first kappa shape index (κ1) is 12.7. The predicted molar refractivity (Wildman–Crippen MR) is 69.9 cm³/mol. The highest BCUT2D eigenvalue weighted by Crippen LogP contribution is 2.32. The molecule has 0 amide bonds. The van der Waals surface area contributed by atoms with Gasteiger partial charge in [0.1, 0.15) is 0 Å². The highest BCUT2D eigenvalue weighted by molar-refractivity contribution is 5.61. The van der Waals surface area contributed by atoms with Crippen LogP contribution in [0.2, 0.25) is 0 Å². The summed E-state index contributed by atoms with van der Waals surface area (Å²) in [6.45, 7) is 0. The van der Waals surface area contributed by atoms with E-state index in [9.17, 15) is 0 Å². The summed E-state index contributed by atoms with van der Waals surface area (Å²) in [5.41, 5.74) is 1.04. The van der Waals surface area contributed by atoms with Gasteiger partial charge in [0, 0.05) is 12.6 Å². The van der Waals surface area contributed by atoms with Crippen molar-refractivity contribution >= 4 is 6.21 Å². The van der Waals surface area contributed by atoms with E-state index in [1.807, 2.05) is 18.2 Å². The van der Waals surface area contributed by atoms with Crippen molar-refractivity contribution in [2.75, 3.05) is 7.11 Å². The number of hydrogen-bond donors (Lipinski definition) is 1. The van der Waals surface area contributed by atoms with Crippen LogP contribution in [-0.4, -0.2) is 24.6 Å². The van der Waals surface area contributed by atoms with E-state index >= 15 is 0 Å². The maximum Gasteiger partial charge on any atom is 0.161 e. The first-order valence-electron chi connectivity index (χ1n) is 6.33. The van der Waals surface area contributed by atoms with Crippen LogP contribution in [0.4, 0.5) is 0 Å². The Morgan fingerprint density at radius 2 is 2.11 bits per heavy atom. The Hall–Kier alpha value is -1.71. The van der Waals surface area contributed by atoms with Crippen molar-refractivity contribution in [3.63, 3.8) is 0 Å². The van der Waals surface area contributed by atoms with E-state index < -0.39 is 0 Å². The van der Waals surface area contributed by atoms with Gasteiger partial charge in [0.05, 0.1) is 13.2 Å². The molecule has 1 fully saturated rings. The van der Waals surface area contributed by atoms with E-state index in [4.69, 9.17) is 14.7 Å². The van der Waals surface area contributed by atoms with Crippen molar-refractivity contribution in [1.82, 2.24) is 0 Å². The normalized spacial score (nSPS) is 16.3. The molecule has 0 radical (unpaired) electrons. The van der Waals surface area contributed by atoms with Gasteiger partial charge in [-0.3, -0.25) is 0 Å². The molecule has 4 nitrogen and oxygen atoms in total. The number of oxime groups is 1. The lowest BCUT2D eigenvalue weighted by molar-refractivity contribution is 0.200. The molecule has 0 aromatic heterocycles. The quantitative estimate of drug-likeness (QED) is 0.496. The van der Waals surface area contributed by atoms with Gasteiger partial charge in [-0.05, 0) is 43.4 Å². The van der Waals surface area contributed by atoms with Crippen LogP contribution in [0.15, 0.2) is 23.4 Å². The van der Waals surface area contributed by atoms with E-state index in [1.54, 1.807) is 7.11 Å². The van der Waals surface area contributed by atoms with Crippen molar-refractivity contribution < 1.29 is 14.7 Å². The molecule has 0 heterocycles. The molecule has 0 aliphatic heterocycles. The molecule has 0 atom stereocenters. The second kappa shape index (κ2) is 6.28. The molecular formula is C14H19NO3. The number of ether oxygens (including phenoxy) is 2.